The van der Waals surface area contributed by atoms with E-state index in [0.29, 0.717) is 12.5 Å². The third-order valence-electron chi connectivity index (χ3n) is 5.54. The highest BCUT2D eigenvalue weighted by molar-refractivity contribution is 7.07. The van der Waals surface area contributed by atoms with Crippen LogP contribution in [0.15, 0.2) is 35.0 Å². The Kier molecular flexibility index (Phi) is 4.61. The van der Waals surface area contributed by atoms with Gasteiger partial charge in [0.15, 0.2) is 0 Å². The van der Waals surface area contributed by atoms with Crippen molar-refractivity contribution >= 4 is 17.2 Å². The molecule has 4 rings (SSSR count). The molecule has 2 aliphatic heterocycles. The molecule has 0 bridgehead atoms. The molecule has 0 radical (unpaired) electrons. The number of rotatable bonds is 4. The second kappa shape index (κ2) is 6.89. The Morgan fingerprint density at radius 1 is 1.20 bits per heavy atom. The van der Waals surface area contributed by atoms with Gasteiger partial charge < -0.3 is 4.90 Å². The van der Waals surface area contributed by atoms with E-state index in [0.717, 1.165) is 56.8 Å². The van der Waals surface area contributed by atoms with Gasteiger partial charge in [0.05, 0.1) is 17.7 Å². The van der Waals surface area contributed by atoms with Crippen LogP contribution >= 0.6 is 11.3 Å². The maximum absolute atomic E-state index is 13.2. The van der Waals surface area contributed by atoms with E-state index in [9.17, 15) is 4.79 Å². The number of carbonyl (C=O) groups excluding carboxylic acids is 1. The number of aromatic nitrogens is 1. The fourth-order valence-electron chi connectivity index (χ4n) is 4.31. The summed E-state index contributed by atoms with van der Waals surface area (Å²) in [5, 5.41) is 4.35. The number of pyridine rings is 1. The molecule has 2 aromatic heterocycles. The minimum absolute atomic E-state index is 0.169. The fraction of sp³-hybridized carbons (Fsp3) is 0.500. The average Bonchev–Trinajstić information content (AvgIpc) is 3.20. The summed E-state index contributed by atoms with van der Waals surface area (Å²) in [5.41, 5.74) is 3.21. The number of thiophene rings is 1. The maximum Gasteiger partial charge on any atom is 0.230 e. The normalized spacial score (nSPS) is 24.4. The Labute approximate surface area is 153 Å². The molecule has 0 aromatic carbocycles. The van der Waals surface area contributed by atoms with E-state index >= 15 is 0 Å². The van der Waals surface area contributed by atoms with Crippen molar-refractivity contribution in [1.82, 2.24) is 14.8 Å². The van der Waals surface area contributed by atoms with E-state index in [1.807, 2.05) is 30.0 Å². The monoisotopic (exact) mass is 355 g/mol. The number of aryl methyl sites for hydroxylation is 1. The molecule has 0 aliphatic carbocycles. The fourth-order valence-corrected chi connectivity index (χ4v) is 4.97. The van der Waals surface area contributed by atoms with Crippen molar-refractivity contribution < 1.29 is 4.79 Å². The predicted octanol–water partition coefficient (Wildman–Crippen LogP) is 3.47. The largest absolute Gasteiger partial charge is 0.336 e. The Morgan fingerprint density at radius 2 is 2.12 bits per heavy atom. The van der Waals surface area contributed by atoms with Crippen LogP contribution < -0.4 is 0 Å². The molecule has 2 saturated heterocycles. The van der Waals surface area contributed by atoms with Crippen LogP contribution in [0.4, 0.5) is 0 Å². The molecule has 2 fully saturated rings. The van der Waals surface area contributed by atoms with Crippen molar-refractivity contribution in [1.29, 1.82) is 0 Å². The van der Waals surface area contributed by atoms with Gasteiger partial charge in [-0.3, -0.25) is 14.7 Å². The van der Waals surface area contributed by atoms with Gasteiger partial charge in [0, 0.05) is 25.3 Å². The molecule has 2 aliphatic rings. The lowest BCUT2D eigenvalue weighted by Crippen LogP contribution is -2.47. The number of piperidine rings is 1. The van der Waals surface area contributed by atoms with Crippen molar-refractivity contribution in [2.45, 2.75) is 39.3 Å². The van der Waals surface area contributed by atoms with Gasteiger partial charge in [0.1, 0.15) is 0 Å². The van der Waals surface area contributed by atoms with Gasteiger partial charge in [-0.2, -0.15) is 11.3 Å². The van der Waals surface area contributed by atoms with Gasteiger partial charge >= 0.3 is 0 Å². The van der Waals surface area contributed by atoms with Crippen molar-refractivity contribution in [3.8, 4) is 0 Å². The first-order valence-electron chi connectivity index (χ1n) is 9.10. The third-order valence-corrected chi connectivity index (χ3v) is 6.27. The van der Waals surface area contributed by atoms with E-state index in [1.165, 1.54) is 5.56 Å². The molecule has 1 unspecified atom stereocenters. The Hall–Kier alpha value is -1.72. The highest BCUT2D eigenvalue weighted by Gasteiger charge is 2.48. The quantitative estimate of drug-likeness (QED) is 0.843. The van der Waals surface area contributed by atoms with E-state index in [4.69, 9.17) is 0 Å². The van der Waals surface area contributed by atoms with Crippen molar-refractivity contribution in [3.05, 3.63) is 52.0 Å². The summed E-state index contributed by atoms with van der Waals surface area (Å²) in [5.74, 6) is 0.339. The van der Waals surface area contributed by atoms with E-state index in [1.54, 1.807) is 11.3 Å². The minimum atomic E-state index is -0.169. The molecule has 1 spiro atoms. The van der Waals surface area contributed by atoms with Crippen LogP contribution in [0.1, 0.15) is 36.2 Å². The number of hydrogen-bond donors (Lipinski definition) is 0. The summed E-state index contributed by atoms with van der Waals surface area (Å²) in [6.07, 6.45) is 3.13. The molecular formula is C20H25N3OS. The van der Waals surface area contributed by atoms with Crippen molar-refractivity contribution in [2.24, 2.45) is 5.41 Å². The van der Waals surface area contributed by atoms with Gasteiger partial charge in [-0.25, -0.2) is 0 Å². The van der Waals surface area contributed by atoms with Crippen LogP contribution in [-0.4, -0.2) is 40.3 Å². The SMILES string of the molecule is Cc1cccc(CN2CCC3(CCCN(Cc4ccsc4)C3)C2=O)n1. The summed E-state index contributed by atoms with van der Waals surface area (Å²) < 4.78 is 0. The van der Waals surface area contributed by atoms with E-state index in [2.05, 4.69) is 26.7 Å². The third kappa shape index (κ3) is 3.48. The zero-order valence-corrected chi connectivity index (χ0v) is 15.6. The number of likely N-dealkylation sites (tertiary alicyclic amines) is 2. The Balaban J connectivity index is 1.44. The van der Waals surface area contributed by atoms with Crippen LogP contribution in [-0.2, 0) is 17.9 Å². The summed E-state index contributed by atoms with van der Waals surface area (Å²) in [6.45, 7) is 6.48. The highest BCUT2D eigenvalue weighted by Crippen LogP contribution is 2.41. The summed E-state index contributed by atoms with van der Waals surface area (Å²) in [7, 11) is 0. The second-order valence-corrected chi connectivity index (χ2v) is 8.25. The molecule has 1 amide bonds. The van der Waals surface area contributed by atoms with Crippen LogP contribution in [0.2, 0.25) is 0 Å². The standard InChI is InChI=1S/C20H25N3OS/c1-16-4-2-5-18(21-16)13-23-10-8-20(19(23)24)7-3-9-22(15-20)12-17-6-11-25-14-17/h2,4-6,11,14H,3,7-10,12-13,15H2,1H3. The van der Waals surface area contributed by atoms with Crippen LogP contribution in [0.5, 0.6) is 0 Å². The number of carbonyl (C=O) groups is 1. The van der Waals surface area contributed by atoms with Crippen molar-refractivity contribution in [3.63, 3.8) is 0 Å². The first kappa shape index (κ1) is 16.7. The topological polar surface area (TPSA) is 36.4 Å². The maximum atomic E-state index is 13.2. The lowest BCUT2D eigenvalue weighted by atomic mass is 9.78. The molecule has 25 heavy (non-hydrogen) atoms. The molecule has 0 N–H and O–H groups in total. The number of hydrogen-bond acceptors (Lipinski definition) is 4. The average molecular weight is 356 g/mol. The molecule has 5 heteroatoms. The van der Waals surface area contributed by atoms with E-state index in [-0.39, 0.29) is 5.41 Å². The molecule has 4 heterocycles. The highest BCUT2D eigenvalue weighted by atomic mass is 32.1. The second-order valence-electron chi connectivity index (χ2n) is 7.47. The first-order valence-corrected chi connectivity index (χ1v) is 10.0. The zero-order chi connectivity index (χ0) is 17.3. The molecule has 132 valence electrons. The van der Waals surface area contributed by atoms with Gasteiger partial charge in [-0.05, 0) is 67.3 Å². The molecule has 4 nitrogen and oxygen atoms in total. The van der Waals surface area contributed by atoms with Gasteiger partial charge in [-0.1, -0.05) is 6.07 Å². The lowest BCUT2D eigenvalue weighted by Gasteiger charge is -2.39. The Bertz CT molecular complexity index is 745. The zero-order valence-electron chi connectivity index (χ0n) is 14.8. The molecule has 1 atom stereocenters. The van der Waals surface area contributed by atoms with Crippen molar-refractivity contribution in [2.75, 3.05) is 19.6 Å². The summed E-state index contributed by atoms with van der Waals surface area (Å²) in [6, 6.07) is 8.24. The number of amides is 1. The first-order chi connectivity index (χ1) is 12.1. The molecular weight excluding hydrogens is 330 g/mol. The van der Waals surface area contributed by atoms with Gasteiger partial charge in [-0.15, -0.1) is 0 Å². The summed E-state index contributed by atoms with van der Waals surface area (Å²) in [4.78, 5) is 22.3. The van der Waals surface area contributed by atoms with Crippen LogP contribution in [0.25, 0.3) is 0 Å². The molecule has 2 aromatic rings. The smallest absolute Gasteiger partial charge is 0.230 e. The Morgan fingerprint density at radius 3 is 2.92 bits per heavy atom. The lowest BCUT2D eigenvalue weighted by molar-refractivity contribution is -0.139. The van der Waals surface area contributed by atoms with Crippen LogP contribution in [0.3, 0.4) is 0 Å². The van der Waals surface area contributed by atoms with Crippen LogP contribution in [0, 0.1) is 12.3 Å². The van der Waals surface area contributed by atoms with Gasteiger partial charge in [0.25, 0.3) is 0 Å². The van der Waals surface area contributed by atoms with E-state index < -0.39 is 0 Å². The number of nitrogens with zero attached hydrogens (tertiary/aromatic N) is 3. The predicted molar refractivity (Wildman–Crippen MR) is 100 cm³/mol. The molecule has 0 saturated carbocycles. The summed E-state index contributed by atoms with van der Waals surface area (Å²) >= 11 is 1.75. The minimum Gasteiger partial charge on any atom is -0.336 e. The van der Waals surface area contributed by atoms with Gasteiger partial charge in [0.2, 0.25) is 5.91 Å².